The van der Waals surface area contributed by atoms with Crippen molar-refractivity contribution in [3.8, 4) is 5.75 Å². The molecule has 2 aliphatic rings. The van der Waals surface area contributed by atoms with Gasteiger partial charge in [-0.3, -0.25) is 10.1 Å². The Kier molecular flexibility index (Phi) is 3.45. The first-order chi connectivity index (χ1) is 10.2. The number of rotatable bonds is 4. The summed E-state index contributed by atoms with van der Waals surface area (Å²) >= 11 is 0. The molecule has 22 heavy (non-hydrogen) atoms. The monoisotopic (exact) mass is 305 g/mol. The Morgan fingerprint density at radius 2 is 1.82 bits per heavy atom. The molecule has 118 valence electrons. The maximum absolute atomic E-state index is 11.5. The van der Waals surface area contributed by atoms with Crippen LogP contribution in [-0.2, 0) is 9.31 Å². The van der Waals surface area contributed by atoms with Crippen molar-refractivity contribution >= 4 is 18.3 Å². The average molecular weight is 305 g/mol. The minimum absolute atomic E-state index is 0.0621. The molecule has 1 aromatic rings. The molecule has 0 amide bonds. The summed E-state index contributed by atoms with van der Waals surface area (Å²) in [4.78, 5) is 11.1. The first-order valence-corrected chi connectivity index (χ1v) is 7.51. The van der Waals surface area contributed by atoms with Crippen LogP contribution >= 0.6 is 0 Å². The number of nitro benzene ring substituents is 1. The zero-order valence-electron chi connectivity index (χ0n) is 13.3. The van der Waals surface area contributed by atoms with Crippen molar-refractivity contribution in [1.82, 2.24) is 0 Å². The van der Waals surface area contributed by atoms with Gasteiger partial charge in [0.25, 0.3) is 0 Å². The van der Waals surface area contributed by atoms with Crippen molar-refractivity contribution < 1.29 is 19.0 Å². The summed E-state index contributed by atoms with van der Waals surface area (Å²) in [6.07, 6.45) is 1.97. The summed E-state index contributed by atoms with van der Waals surface area (Å²) in [5, 5.41) is 11.5. The van der Waals surface area contributed by atoms with Crippen LogP contribution in [0.25, 0.3) is 0 Å². The minimum atomic E-state index is -0.770. The van der Waals surface area contributed by atoms with E-state index in [2.05, 4.69) is 0 Å². The molecule has 1 aromatic carbocycles. The smallest absolute Gasteiger partial charge is 0.484 e. The van der Waals surface area contributed by atoms with Crippen molar-refractivity contribution in [3.05, 3.63) is 28.3 Å². The Labute approximate surface area is 130 Å². The van der Waals surface area contributed by atoms with Crippen LogP contribution < -0.4 is 10.2 Å². The number of hydrogen-bond acceptors (Lipinski definition) is 5. The average Bonchev–Trinajstić information content (AvgIpc) is 3.16. The molecule has 2 fully saturated rings. The summed E-state index contributed by atoms with van der Waals surface area (Å²) in [6.45, 7) is 7.68. The van der Waals surface area contributed by atoms with Gasteiger partial charge in [0.1, 0.15) is 0 Å². The Morgan fingerprint density at radius 1 is 1.23 bits per heavy atom. The van der Waals surface area contributed by atoms with Crippen LogP contribution in [0.4, 0.5) is 5.69 Å². The molecule has 0 unspecified atom stereocenters. The van der Waals surface area contributed by atoms with Crippen LogP contribution in [0.5, 0.6) is 5.75 Å². The molecule has 1 aliphatic heterocycles. The predicted molar refractivity (Wildman–Crippen MR) is 82.5 cm³/mol. The Balaban J connectivity index is 1.98. The summed E-state index contributed by atoms with van der Waals surface area (Å²) in [5.41, 5.74) is -0.743. The van der Waals surface area contributed by atoms with Gasteiger partial charge in [0.2, 0.25) is 0 Å². The van der Waals surface area contributed by atoms with Gasteiger partial charge < -0.3 is 14.0 Å². The van der Waals surface area contributed by atoms with Gasteiger partial charge >= 0.3 is 12.8 Å². The third-order valence-corrected chi connectivity index (χ3v) is 4.54. The number of nitrogens with zero attached hydrogens (tertiary/aromatic N) is 1. The highest BCUT2D eigenvalue weighted by molar-refractivity contribution is 6.63. The van der Waals surface area contributed by atoms with Crippen LogP contribution in [0.2, 0.25) is 0 Å². The molecule has 0 bridgehead atoms. The second-order valence-corrected chi connectivity index (χ2v) is 6.86. The second kappa shape index (κ2) is 4.96. The molecule has 0 N–H and O–H groups in total. The fraction of sp³-hybridized carbons (Fsp3) is 0.600. The fourth-order valence-corrected chi connectivity index (χ4v) is 2.36. The highest BCUT2D eigenvalue weighted by Crippen LogP contribution is 2.39. The molecular formula is C15H20BNO5. The maximum Gasteiger partial charge on any atom is 0.502 e. The van der Waals surface area contributed by atoms with Crippen molar-refractivity contribution in [2.45, 2.75) is 57.8 Å². The van der Waals surface area contributed by atoms with Crippen molar-refractivity contribution in [2.24, 2.45) is 0 Å². The van der Waals surface area contributed by atoms with Gasteiger partial charge in [-0.15, -0.1) is 0 Å². The van der Waals surface area contributed by atoms with Crippen LogP contribution in [-0.4, -0.2) is 29.3 Å². The van der Waals surface area contributed by atoms with Crippen LogP contribution in [0.1, 0.15) is 40.5 Å². The van der Waals surface area contributed by atoms with Gasteiger partial charge in [-0.25, -0.2) is 0 Å². The lowest BCUT2D eigenvalue weighted by atomic mass is 9.77. The van der Waals surface area contributed by atoms with Gasteiger partial charge in [-0.2, -0.15) is 0 Å². The number of hydrogen-bond donors (Lipinski definition) is 0. The van der Waals surface area contributed by atoms with Crippen molar-refractivity contribution in [1.29, 1.82) is 0 Å². The van der Waals surface area contributed by atoms with E-state index in [9.17, 15) is 10.1 Å². The van der Waals surface area contributed by atoms with E-state index in [0.717, 1.165) is 12.8 Å². The predicted octanol–water partition coefficient (Wildman–Crippen LogP) is 2.44. The first-order valence-electron chi connectivity index (χ1n) is 7.51. The van der Waals surface area contributed by atoms with Gasteiger partial charge in [0.15, 0.2) is 5.75 Å². The summed E-state index contributed by atoms with van der Waals surface area (Å²) in [5.74, 6) is 0.291. The third kappa shape index (κ3) is 2.59. The lowest BCUT2D eigenvalue weighted by Gasteiger charge is -2.32. The zero-order chi connectivity index (χ0) is 16.1. The van der Waals surface area contributed by atoms with Gasteiger partial charge in [-0.05, 0) is 46.6 Å². The molecule has 0 spiro atoms. The van der Waals surface area contributed by atoms with Crippen LogP contribution in [0, 0.1) is 10.1 Å². The largest absolute Gasteiger partial charge is 0.502 e. The number of nitro groups is 1. The quantitative estimate of drug-likeness (QED) is 0.485. The van der Waals surface area contributed by atoms with E-state index in [1.807, 2.05) is 27.7 Å². The lowest BCUT2D eigenvalue weighted by Crippen LogP contribution is -2.41. The third-order valence-electron chi connectivity index (χ3n) is 4.54. The molecule has 1 saturated carbocycles. The molecule has 0 radical (unpaired) electrons. The molecule has 7 heteroatoms. The fourth-order valence-electron chi connectivity index (χ4n) is 2.36. The Morgan fingerprint density at radius 3 is 2.32 bits per heavy atom. The van der Waals surface area contributed by atoms with E-state index in [0.29, 0.717) is 11.2 Å². The minimum Gasteiger partial charge on any atom is -0.484 e. The first kappa shape index (κ1) is 15.3. The van der Waals surface area contributed by atoms with E-state index >= 15 is 0 Å². The molecule has 1 heterocycles. The SMILES string of the molecule is CC1(C)OB(c2cccc(OC3CC3)c2[N+](=O)[O-])OC1(C)C. The molecule has 0 atom stereocenters. The van der Waals surface area contributed by atoms with Crippen molar-refractivity contribution in [3.63, 3.8) is 0 Å². The maximum atomic E-state index is 11.5. The molecule has 3 rings (SSSR count). The summed E-state index contributed by atoms with van der Waals surface area (Å²) in [6, 6.07) is 5.04. The zero-order valence-corrected chi connectivity index (χ0v) is 13.3. The Bertz CT molecular complexity index is 596. The summed E-state index contributed by atoms with van der Waals surface area (Å²) < 4.78 is 17.5. The highest BCUT2D eigenvalue weighted by Gasteiger charge is 2.53. The van der Waals surface area contributed by atoms with Crippen LogP contribution in [0.3, 0.4) is 0 Å². The van der Waals surface area contributed by atoms with E-state index < -0.39 is 23.2 Å². The van der Waals surface area contributed by atoms with Gasteiger partial charge in [-0.1, -0.05) is 12.1 Å². The van der Waals surface area contributed by atoms with E-state index in [1.165, 1.54) is 0 Å². The molecule has 1 saturated heterocycles. The standard InChI is InChI=1S/C15H20BNO5/c1-14(2)15(3,4)22-16(21-14)11-6-5-7-12(13(11)17(18)19)20-10-8-9-10/h5-7,10H,8-9H2,1-4H3. The van der Waals surface area contributed by atoms with Gasteiger partial charge in [0.05, 0.1) is 27.7 Å². The molecule has 6 nitrogen and oxygen atoms in total. The summed E-state index contributed by atoms with van der Waals surface area (Å²) in [7, 11) is -0.770. The van der Waals surface area contributed by atoms with Gasteiger partial charge in [0, 0.05) is 0 Å². The number of para-hydroxylation sites is 1. The van der Waals surface area contributed by atoms with Crippen molar-refractivity contribution in [2.75, 3.05) is 0 Å². The molecular weight excluding hydrogens is 285 g/mol. The van der Waals surface area contributed by atoms with Crippen LogP contribution in [0.15, 0.2) is 18.2 Å². The number of ether oxygens (including phenoxy) is 1. The van der Waals surface area contributed by atoms with E-state index in [4.69, 9.17) is 14.0 Å². The lowest BCUT2D eigenvalue weighted by molar-refractivity contribution is -0.384. The van der Waals surface area contributed by atoms with E-state index in [-0.39, 0.29) is 11.8 Å². The topological polar surface area (TPSA) is 70.8 Å². The molecule has 0 aromatic heterocycles. The second-order valence-electron chi connectivity index (χ2n) is 6.86. The Hall–Kier alpha value is -1.60. The highest BCUT2D eigenvalue weighted by atomic mass is 16.7. The normalized spacial score (nSPS) is 22.6. The van der Waals surface area contributed by atoms with E-state index in [1.54, 1.807) is 18.2 Å². The molecule has 1 aliphatic carbocycles. The number of benzene rings is 1.